The third-order valence-corrected chi connectivity index (χ3v) is 4.82. The molecule has 8 nitrogen and oxygen atoms in total. The molecule has 1 amide bonds. The number of aryl methyl sites for hydroxylation is 1. The third kappa shape index (κ3) is 5.95. The second-order valence-corrected chi connectivity index (χ2v) is 7.30. The second kappa shape index (κ2) is 8.59. The molecule has 1 rings (SSSR count). The van der Waals surface area contributed by atoms with E-state index in [-0.39, 0.29) is 23.2 Å². The molecule has 9 heteroatoms. The van der Waals surface area contributed by atoms with Crippen molar-refractivity contribution in [1.29, 1.82) is 0 Å². The fourth-order valence-corrected chi connectivity index (χ4v) is 2.72. The van der Waals surface area contributed by atoms with Gasteiger partial charge in [-0.3, -0.25) is 18.8 Å². The average molecular weight is 343 g/mol. The molecule has 1 aromatic rings. The first-order valence-electron chi connectivity index (χ1n) is 7.04. The van der Waals surface area contributed by atoms with Gasteiger partial charge in [0, 0.05) is 33.6 Å². The molecular weight excluding hydrogens is 322 g/mol. The summed E-state index contributed by atoms with van der Waals surface area (Å²) < 4.78 is 11.7. The van der Waals surface area contributed by atoms with Crippen LogP contribution in [0.15, 0.2) is 15.7 Å². The van der Waals surface area contributed by atoms with Crippen LogP contribution in [0.4, 0.5) is 0 Å². The van der Waals surface area contributed by atoms with Crippen LogP contribution in [0.2, 0.25) is 0 Å². The number of hydrogen-bond acceptors (Lipinski definition) is 5. The highest BCUT2D eigenvalue weighted by Crippen LogP contribution is 2.00. The summed E-state index contributed by atoms with van der Waals surface area (Å²) in [5, 5.41) is 11.7. The Balaban J connectivity index is 2.78. The first-order valence-corrected chi connectivity index (χ1v) is 8.42. The summed E-state index contributed by atoms with van der Waals surface area (Å²) >= 11 is 0. The molecule has 0 spiro atoms. The van der Waals surface area contributed by atoms with Crippen molar-refractivity contribution >= 4 is 22.8 Å². The Bertz CT molecular complexity index is 720. The van der Waals surface area contributed by atoms with E-state index in [0.29, 0.717) is 5.69 Å². The number of nitrogens with one attached hydrogen (secondary N) is 3. The quantitative estimate of drug-likeness (QED) is 0.472. The largest absolute Gasteiger partial charge is 0.394 e. The smallest absolute Gasteiger partial charge is 0.325 e. The topological polar surface area (TPSA) is 132 Å². The standard InChI is InChI=1S/C14H21N3O5S/c1-8(2)23(22)7-10(6-18)16-12(19)5-4-11-9(3)15-14(21)17-13(11)20/h4-5,8,10,18H,6-7H2,1-3H3,(H,16,19)(H2,15,17,20,21)/b5-4+. The number of H-pyrrole nitrogens is 2. The molecule has 1 aromatic heterocycles. The molecular formula is C14H21N3O5S. The molecule has 0 bridgehead atoms. The highest BCUT2D eigenvalue weighted by molar-refractivity contribution is 7.85. The first-order chi connectivity index (χ1) is 10.7. The lowest BCUT2D eigenvalue weighted by Crippen LogP contribution is -2.41. The van der Waals surface area contributed by atoms with Gasteiger partial charge in [0.1, 0.15) is 0 Å². The van der Waals surface area contributed by atoms with E-state index in [9.17, 15) is 23.7 Å². The van der Waals surface area contributed by atoms with E-state index in [4.69, 9.17) is 0 Å². The number of hydrogen-bond donors (Lipinski definition) is 4. The molecule has 0 fully saturated rings. The lowest BCUT2D eigenvalue weighted by molar-refractivity contribution is -0.117. The Morgan fingerprint density at radius 1 is 1.35 bits per heavy atom. The number of aromatic nitrogens is 2. The van der Waals surface area contributed by atoms with Gasteiger partial charge in [-0.1, -0.05) is 13.8 Å². The number of amides is 1. The Hall–Kier alpha value is -2.00. The second-order valence-electron chi connectivity index (χ2n) is 5.26. The van der Waals surface area contributed by atoms with E-state index in [1.54, 1.807) is 13.8 Å². The van der Waals surface area contributed by atoms with Crippen LogP contribution in [-0.2, 0) is 15.6 Å². The molecule has 4 N–H and O–H groups in total. The Morgan fingerprint density at radius 2 is 2.00 bits per heavy atom. The van der Waals surface area contributed by atoms with E-state index in [1.165, 1.54) is 13.0 Å². The minimum absolute atomic E-state index is 0.0705. The molecule has 23 heavy (non-hydrogen) atoms. The van der Waals surface area contributed by atoms with E-state index in [2.05, 4.69) is 15.3 Å². The van der Waals surface area contributed by atoms with Crippen molar-refractivity contribution in [2.24, 2.45) is 0 Å². The molecule has 0 aliphatic heterocycles. The Kier molecular flexibility index (Phi) is 7.11. The fraction of sp³-hybridized carbons (Fsp3) is 0.500. The fourth-order valence-electron chi connectivity index (χ4n) is 1.75. The van der Waals surface area contributed by atoms with Crippen molar-refractivity contribution in [2.75, 3.05) is 12.4 Å². The van der Waals surface area contributed by atoms with Gasteiger partial charge in [0.2, 0.25) is 5.91 Å². The molecule has 128 valence electrons. The lowest BCUT2D eigenvalue weighted by Gasteiger charge is -2.16. The predicted molar refractivity (Wildman–Crippen MR) is 88.6 cm³/mol. The van der Waals surface area contributed by atoms with Crippen molar-refractivity contribution in [3.63, 3.8) is 0 Å². The summed E-state index contributed by atoms with van der Waals surface area (Å²) in [4.78, 5) is 39.0. The first kappa shape index (κ1) is 19.0. The van der Waals surface area contributed by atoms with Gasteiger partial charge in [-0.15, -0.1) is 0 Å². The zero-order valence-electron chi connectivity index (χ0n) is 13.2. The normalized spacial score (nSPS) is 14.1. The van der Waals surface area contributed by atoms with Gasteiger partial charge in [-0.2, -0.15) is 0 Å². The predicted octanol–water partition coefficient (Wildman–Crippen LogP) is -0.981. The minimum atomic E-state index is -1.16. The van der Waals surface area contributed by atoms with Crippen LogP contribution >= 0.6 is 0 Å². The Labute approximate surface area is 135 Å². The third-order valence-electron chi connectivity index (χ3n) is 3.04. The maximum atomic E-state index is 11.8. The number of aromatic amines is 2. The summed E-state index contributed by atoms with van der Waals surface area (Å²) in [7, 11) is -1.16. The zero-order chi connectivity index (χ0) is 17.6. The summed E-state index contributed by atoms with van der Waals surface area (Å²) in [6.07, 6.45) is 2.39. The number of aliphatic hydroxyl groups is 1. The highest BCUT2D eigenvalue weighted by Gasteiger charge is 2.15. The number of rotatable bonds is 7. The van der Waals surface area contributed by atoms with Gasteiger partial charge in [0.15, 0.2) is 0 Å². The van der Waals surface area contributed by atoms with Crippen molar-refractivity contribution < 1.29 is 14.1 Å². The number of carbonyl (C=O) groups excluding carboxylic acids is 1. The summed E-state index contributed by atoms with van der Waals surface area (Å²) in [5.41, 5.74) is -0.728. The van der Waals surface area contributed by atoms with Crippen molar-refractivity contribution in [2.45, 2.75) is 32.1 Å². The molecule has 1 heterocycles. The number of carbonyl (C=O) groups is 1. The maximum Gasteiger partial charge on any atom is 0.325 e. The molecule has 0 saturated heterocycles. The summed E-state index contributed by atoms with van der Waals surface area (Å²) in [6.45, 7) is 4.78. The van der Waals surface area contributed by atoms with E-state index < -0.39 is 34.0 Å². The van der Waals surface area contributed by atoms with Crippen molar-refractivity contribution in [1.82, 2.24) is 15.3 Å². The maximum absolute atomic E-state index is 11.8. The molecule has 2 unspecified atom stereocenters. The zero-order valence-corrected chi connectivity index (χ0v) is 14.0. The molecule has 0 aromatic carbocycles. The summed E-state index contributed by atoms with van der Waals surface area (Å²) in [6, 6.07) is -0.634. The molecule has 0 aliphatic rings. The summed E-state index contributed by atoms with van der Waals surface area (Å²) in [5.74, 6) is -0.388. The highest BCUT2D eigenvalue weighted by atomic mass is 32.2. The van der Waals surface area contributed by atoms with Crippen LogP contribution in [0.25, 0.3) is 6.08 Å². The van der Waals surface area contributed by atoms with Crippen molar-refractivity contribution in [3.05, 3.63) is 38.2 Å². The SMILES string of the molecule is Cc1[nH]c(=O)[nH]c(=O)c1/C=C/C(=O)NC(CO)CS(=O)C(C)C. The van der Waals surface area contributed by atoms with Gasteiger partial charge in [-0.25, -0.2) is 4.79 Å². The van der Waals surface area contributed by atoms with Gasteiger partial charge in [0.05, 0.1) is 18.2 Å². The molecule has 0 radical (unpaired) electrons. The van der Waals surface area contributed by atoms with E-state index in [0.717, 1.165) is 6.08 Å². The monoisotopic (exact) mass is 343 g/mol. The van der Waals surface area contributed by atoms with Crippen molar-refractivity contribution in [3.8, 4) is 0 Å². The van der Waals surface area contributed by atoms with Gasteiger partial charge < -0.3 is 15.4 Å². The molecule has 0 aliphatic carbocycles. The van der Waals surface area contributed by atoms with Crippen LogP contribution in [0.3, 0.4) is 0 Å². The van der Waals surface area contributed by atoms with Crippen LogP contribution in [0, 0.1) is 6.92 Å². The van der Waals surface area contributed by atoms with E-state index in [1.807, 2.05) is 0 Å². The van der Waals surface area contributed by atoms with Crippen LogP contribution < -0.4 is 16.6 Å². The Morgan fingerprint density at radius 3 is 2.52 bits per heavy atom. The van der Waals surface area contributed by atoms with Gasteiger partial charge >= 0.3 is 5.69 Å². The lowest BCUT2D eigenvalue weighted by atomic mass is 10.2. The van der Waals surface area contributed by atoms with Gasteiger partial charge in [-0.05, 0) is 13.0 Å². The molecule has 2 atom stereocenters. The van der Waals surface area contributed by atoms with E-state index >= 15 is 0 Å². The number of aliphatic hydroxyl groups excluding tert-OH is 1. The minimum Gasteiger partial charge on any atom is -0.394 e. The molecule has 0 saturated carbocycles. The average Bonchev–Trinajstić information content (AvgIpc) is 2.44. The van der Waals surface area contributed by atoms with Gasteiger partial charge in [0.25, 0.3) is 5.56 Å². The van der Waals surface area contributed by atoms with Crippen LogP contribution in [0.1, 0.15) is 25.1 Å². The van der Waals surface area contributed by atoms with Crippen LogP contribution in [0.5, 0.6) is 0 Å². The van der Waals surface area contributed by atoms with Crippen LogP contribution in [-0.4, -0.2) is 48.8 Å².